The van der Waals surface area contributed by atoms with Crippen molar-refractivity contribution in [3.05, 3.63) is 81.5 Å². The molecule has 2 aromatic carbocycles. The number of aromatic nitrogens is 2. The third kappa shape index (κ3) is 7.62. The number of benzene rings is 2. The molecule has 4 N–H and O–H groups in total. The van der Waals surface area contributed by atoms with E-state index in [1.807, 2.05) is 55.5 Å². The van der Waals surface area contributed by atoms with Gasteiger partial charge in [-0.1, -0.05) is 47.5 Å². The van der Waals surface area contributed by atoms with Crippen molar-refractivity contribution in [1.29, 1.82) is 0 Å². The Morgan fingerprint density at radius 3 is 2.52 bits per heavy atom. The van der Waals surface area contributed by atoms with Gasteiger partial charge in [0, 0.05) is 78.2 Å². The Morgan fingerprint density at radius 2 is 1.80 bits per heavy atom. The molecule has 1 amide bonds. The molecule has 0 spiro atoms. The van der Waals surface area contributed by atoms with Gasteiger partial charge in [-0.3, -0.25) is 9.78 Å². The number of hydrogen-bond acceptors (Lipinski definition) is 8. The molecular formula is C35H39Cl2N5O4. The van der Waals surface area contributed by atoms with Crippen molar-refractivity contribution in [3.8, 4) is 45.3 Å². The van der Waals surface area contributed by atoms with Crippen LogP contribution in [-0.4, -0.2) is 60.4 Å². The number of carbonyl (C=O) groups excluding carboxylic acids is 1. The summed E-state index contributed by atoms with van der Waals surface area (Å²) in [6.07, 6.45) is 2.68. The number of hydrogen-bond donors (Lipinski definition) is 4. The van der Waals surface area contributed by atoms with Crippen molar-refractivity contribution in [2.75, 3.05) is 27.3 Å². The van der Waals surface area contributed by atoms with E-state index >= 15 is 0 Å². The lowest BCUT2D eigenvalue weighted by molar-refractivity contribution is -0.119. The van der Waals surface area contributed by atoms with Crippen molar-refractivity contribution in [3.63, 3.8) is 0 Å². The normalized spacial score (nSPS) is 15.1. The van der Waals surface area contributed by atoms with Gasteiger partial charge in [-0.05, 0) is 50.1 Å². The number of aliphatic hydroxyl groups excluding tert-OH is 1. The highest BCUT2D eigenvalue weighted by molar-refractivity contribution is 6.39. The minimum atomic E-state index is -0.444. The molecule has 0 aliphatic carbocycles. The van der Waals surface area contributed by atoms with Crippen LogP contribution >= 0.6 is 23.2 Å². The van der Waals surface area contributed by atoms with E-state index < -0.39 is 6.10 Å². The van der Waals surface area contributed by atoms with E-state index in [1.165, 1.54) is 0 Å². The van der Waals surface area contributed by atoms with Crippen molar-refractivity contribution < 1.29 is 19.4 Å². The van der Waals surface area contributed by atoms with Crippen LogP contribution in [-0.2, 0) is 17.9 Å². The zero-order chi connectivity index (χ0) is 32.8. The number of nitrogens with zero attached hydrogens (tertiary/aromatic N) is 2. The lowest BCUT2D eigenvalue weighted by Crippen LogP contribution is -2.35. The predicted octanol–water partition coefficient (Wildman–Crippen LogP) is 5.95. The van der Waals surface area contributed by atoms with Gasteiger partial charge in [-0.15, -0.1) is 0 Å². The number of carbonyl (C=O) groups is 1. The van der Waals surface area contributed by atoms with Crippen LogP contribution in [0.15, 0.2) is 54.7 Å². The molecular weight excluding hydrogens is 625 g/mol. The minimum absolute atomic E-state index is 0.0986. The van der Waals surface area contributed by atoms with Crippen LogP contribution in [0.3, 0.4) is 0 Å². The standard InChI is InChI=1S/C35H39Cl2N5O4/c1-20-14-23(15-30(45-3)28(20)19-38-16-21(2)43)34-33(37)26(12-13-40-34)25-6-5-7-27(32(25)36)29-10-8-22(35(42-29)46-4)17-39-18-24-9-11-31(44)41-24/h5-8,10,12-15,21,24,38-39,43H,9,11,16-19H2,1-4H3,(H,41,44)/t21-,24-/m0/s1. The zero-order valence-electron chi connectivity index (χ0n) is 26.4. The van der Waals surface area contributed by atoms with E-state index in [1.54, 1.807) is 27.3 Å². The van der Waals surface area contributed by atoms with Gasteiger partial charge in [0.05, 0.1) is 41.8 Å². The maximum absolute atomic E-state index is 11.5. The summed E-state index contributed by atoms with van der Waals surface area (Å²) in [5.41, 5.74) is 7.25. The highest BCUT2D eigenvalue weighted by atomic mass is 35.5. The van der Waals surface area contributed by atoms with E-state index in [0.29, 0.717) is 65.7 Å². The monoisotopic (exact) mass is 663 g/mol. The zero-order valence-corrected chi connectivity index (χ0v) is 27.9. The second kappa shape index (κ2) is 15.2. The van der Waals surface area contributed by atoms with Gasteiger partial charge in [-0.25, -0.2) is 4.98 Å². The summed E-state index contributed by atoms with van der Waals surface area (Å²) in [5.74, 6) is 1.31. The number of ether oxygens (including phenoxy) is 2. The van der Waals surface area contributed by atoms with Gasteiger partial charge >= 0.3 is 0 Å². The number of halogens is 2. The summed E-state index contributed by atoms with van der Waals surface area (Å²) in [6, 6.07) is 15.6. The van der Waals surface area contributed by atoms with Crippen molar-refractivity contribution >= 4 is 29.1 Å². The van der Waals surface area contributed by atoms with Gasteiger partial charge in [0.1, 0.15) is 5.75 Å². The van der Waals surface area contributed by atoms with Crippen LogP contribution in [0.1, 0.15) is 36.5 Å². The van der Waals surface area contributed by atoms with Crippen molar-refractivity contribution in [2.45, 2.75) is 51.9 Å². The van der Waals surface area contributed by atoms with Crippen LogP contribution in [0.25, 0.3) is 33.6 Å². The van der Waals surface area contributed by atoms with E-state index in [2.05, 4.69) is 20.9 Å². The summed E-state index contributed by atoms with van der Waals surface area (Å²) >= 11 is 14.1. The van der Waals surface area contributed by atoms with Gasteiger partial charge in [-0.2, -0.15) is 0 Å². The maximum Gasteiger partial charge on any atom is 0.220 e. The molecule has 0 radical (unpaired) electrons. The summed E-state index contributed by atoms with van der Waals surface area (Å²) in [7, 11) is 3.23. The first-order chi connectivity index (χ1) is 22.2. The Morgan fingerprint density at radius 1 is 1.02 bits per heavy atom. The smallest absolute Gasteiger partial charge is 0.220 e. The Balaban J connectivity index is 1.41. The van der Waals surface area contributed by atoms with E-state index in [9.17, 15) is 9.90 Å². The van der Waals surface area contributed by atoms with Gasteiger partial charge in [0.15, 0.2) is 0 Å². The largest absolute Gasteiger partial charge is 0.496 e. The number of rotatable bonds is 13. The Labute approximate surface area is 279 Å². The first-order valence-corrected chi connectivity index (χ1v) is 16.0. The quantitative estimate of drug-likeness (QED) is 0.139. The van der Waals surface area contributed by atoms with Crippen LogP contribution in [0.2, 0.25) is 10.0 Å². The Kier molecular flexibility index (Phi) is 11.1. The molecule has 5 rings (SSSR count). The van der Waals surface area contributed by atoms with E-state index in [-0.39, 0.29) is 11.9 Å². The molecule has 1 aliphatic rings. The first-order valence-electron chi connectivity index (χ1n) is 15.2. The number of aryl methyl sites for hydroxylation is 1. The predicted molar refractivity (Wildman–Crippen MR) is 182 cm³/mol. The molecule has 11 heteroatoms. The summed E-state index contributed by atoms with van der Waals surface area (Å²) < 4.78 is 11.4. The Hall–Kier alpha value is -3.73. The molecule has 242 valence electrons. The number of nitrogens with one attached hydrogen (secondary N) is 3. The van der Waals surface area contributed by atoms with Crippen LogP contribution in [0.5, 0.6) is 11.6 Å². The molecule has 1 aliphatic heterocycles. The lowest BCUT2D eigenvalue weighted by Gasteiger charge is -2.17. The van der Waals surface area contributed by atoms with Crippen LogP contribution in [0, 0.1) is 6.92 Å². The van der Waals surface area contributed by atoms with Crippen LogP contribution < -0.4 is 25.4 Å². The molecule has 2 atom stereocenters. The fraction of sp³-hybridized carbons (Fsp3) is 0.343. The van der Waals surface area contributed by atoms with Gasteiger partial charge in [0.2, 0.25) is 11.8 Å². The summed E-state index contributed by atoms with van der Waals surface area (Å²) in [5, 5.41) is 20.2. The second-order valence-electron chi connectivity index (χ2n) is 11.4. The van der Waals surface area contributed by atoms with Crippen molar-refractivity contribution in [2.24, 2.45) is 0 Å². The maximum atomic E-state index is 11.5. The number of aliphatic hydroxyl groups is 1. The number of amides is 1. The highest BCUT2D eigenvalue weighted by Crippen LogP contribution is 2.42. The molecule has 0 bridgehead atoms. The SMILES string of the molecule is COc1cc(-c2nccc(-c3cccc(-c4ccc(CNC[C@@H]5CCC(=O)N5)c(OC)n4)c3Cl)c2Cl)cc(C)c1CNC[C@H](C)O. The molecule has 2 aromatic heterocycles. The van der Waals surface area contributed by atoms with Crippen molar-refractivity contribution in [1.82, 2.24) is 25.9 Å². The topological polar surface area (TPSA) is 118 Å². The molecule has 1 saturated heterocycles. The third-order valence-corrected chi connectivity index (χ3v) is 8.83. The van der Waals surface area contributed by atoms with Gasteiger partial charge in [0.25, 0.3) is 0 Å². The molecule has 9 nitrogen and oxygen atoms in total. The number of methoxy groups -OCH3 is 2. The minimum Gasteiger partial charge on any atom is -0.496 e. The molecule has 0 unspecified atom stereocenters. The lowest BCUT2D eigenvalue weighted by atomic mass is 9.97. The Bertz CT molecular complexity index is 1720. The first kappa shape index (κ1) is 33.6. The molecule has 4 aromatic rings. The van der Waals surface area contributed by atoms with E-state index in [0.717, 1.165) is 45.4 Å². The fourth-order valence-corrected chi connectivity index (χ4v) is 6.32. The molecule has 1 fully saturated rings. The van der Waals surface area contributed by atoms with Crippen LogP contribution in [0.4, 0.5) is 0 Å². The molecule has 3 heterocycles. The summed E-state index contributed by atoms with van der Waals surface area (Å²) in [6.45, 7) is 6.02. The molecule has 46 heavy (non-hydrogen) atoms. The second-order valence-corrected chi connectivity index (χ2v) is 12.2. The summed E-state index contributed by atoms with van der Waals surface area (Å²) in [4.78, 5) is 20.9. The third-order valence-electron chi connectivity index (χ3n) is 8.04. The van der Waals surface area contributed by atoms with E-state index in [4.69, 9.17) is 37.7 Å². The van der Waals surface area contributed by atoms with Gasteiger partial charge < -0.3 is 30.5 Å². The molecule has 0 saturated carbocycles. The fourth-order valence-electron chi connectivity index (χ4n) is 5.67. The average molecular weight is 665 g/mol. The average Bonchev–Trinajstić information content (AvgIpc) is 3.46. The highest BCUT2D eigenvalue weighted by Gasteiger charge is 2.21. The number of pyridine rings is 2.